The van der Waals surface area contributed by atoms with Gasteiger partial charge < -0.3 is 5.73 Å². The highest BCUT2D eigenvalue weighted by atomic mass is 16.2. The molecule has 2 aromatic heterocycles. The van der Waals surface area contributed by atoms with Crippen molar-refractivity contribution >= 4 is 0 Å². The fourth-order valence-electron chi connectivity index (χ4n) is 1.98. The third-order valence-corrected chi connectivity index (χ3v) is 3.16. The van der Waals surface area contributed by atoms with E-state index in [-0.39, 0.29) is 11.2 Å². The third kappa shape index (κ3) is 3.03. The number of pyridine rings is 1. The smallest absolute Gasteiger partial charge is 0.330 e. The van der Waals surface area contributed by atoms with Gasteiger partial charge in [0.1, 0.15) is 0 Å². The highest BCUT2D eigenvalue weighted by Gasteiger charge is 2.07. The van der Waals surface area contributed by atoms with Crippen LogP contribution in [0.1, 0.15) is 17.7 Å². The number of nitrogens with zero attached hydrogens (tertiary/aromatic N) is 3. The molecule has 0 aliphatic heterocycles. The minimum absolute atomic E-state index is 0.294. The standard InChI is InChI=1S/C14H18N4O2/c1-11-4-2-7-16-12(11)10-17-9-5-13(19)18(14(17)20)8-3-6-15/h2,4-5,7,9H,3,6,8,10,15H2,1H3. The summed E-state index contributed by atoms with van der Waals surface area (Å²) in [5, 5.41) is 0. The normalized spacial score (nSPS) is 10.7. The molecule has 0 spiro atoms. The van der Waals surface area contributed by atoms with Crippen LogP contribution in [-0.2, 0) is 13.1 Å². The molecule has 2 aromatic rings. The molecule has 0 bridgehead atoms. The van der Waals surface area contributed by atoms with Crippen LogP contribution in [-0.4, -0.2) is 20.7 Å². The van der Waals surface area contributed by atoms with Gasteiger partial charge in [0, 0.05) is 25.0 Å². The molecule has 0 aliphatic carbocycles. The summed E-state index contributed by atoms with van der Waals surface area (Å²) in [7, 11) is 0. The van der Waals surface area contributed by atoms with Crippen molar-refractivity contribution in [2.75, 3.05) is 6.54 Å². The number of hydrogen-bond acceptors (Lipinski definition) is 4. The lowest BCUT2D eigenvalue weighted by molar-refractivity contribution is 0.551. The summed E-state index contributed by atoms with van der Waals surface area (Å²) in [5.41, 5.74) is 6.64. The van der Waals surface area contributed by atoms with Crippen LogP contribution in [0.3, 0.4) is 0 Å². The molecule has 106 valence electrons. The molecule has 0 atom stereocenters. The van der Waals surface area contributed by atoms with E-state index in [1.54, 1.807) is 6.20 Å². The maximum absolute atomic E-state index is 12.3. The molecule has 20 heavy (non-hydrogen) atoms. The van der Waals surface area contributed by atoms with E-state index >= 15 is 0 Å². The van der Waals surface area contributed by atoms with Crippen molar-refractivity contribution in [2.24, 2.45) is 5.73 Å². The summed E-state index contributed by atoms with van der Waals surface area (Å²) in [4.78, 5) is 28.2. The Morgan fingerprint density at radius 1 is 1.30 bits per heavy atom. The fraction of sp³-hybridized carbons (Fsp3) is 0.357. The maximum atomic E-state index is 12.3. The van der Waals surface area contributed by atoms with E-state index in [1.807, 2.05) is 19.1 Å². The Morgan fingerprint density at radius 2 is 2.10 bits per heavy atom. The van der Waals surface area contributed by atoms with Gasteiger partial charge in [0.25, 0.3) is 5.56 Å². The van der Waals surface area contributed by atoms with Gasteiger partial charge in [-0.1, -0.05) is 6.07 Å². The molecular formula is C14H18N4O2. The van der Waals surface area contributed by atoms with Crippen LogP contribution < -0.4 is 17.0 Å². The van der Waals surface area contributed by atoms with E-state index in [0.29, 0.717) is 26.1 Å². The second-order valence-electron chi connectivity index (χ2n) is 4.63. The summed E-state index contributed by atoms with van der Waals surface area (Å²) < 4.78 is 2.71. The molecule has 2 N–H and O–H groups in total. The first-order valence-electron chi connectivity index (χ1n) is 6.54. The van der Waals surface area contributed by atoms with Crippen molar-refractivity contribution < 1.29 is 0 Å². The summed E-state index contributed by atoms with van der Waals surface area (Å²) in [6.45, 7) is 3.09. The highest BCUT2D eigenvalue weighted by molar-refractivity contribution is 5.17. The number of hydrogen-bond donors (Lipinski definition) is 1. The first kappa shape index (κ1) is 14.2. The zero-order chi connectivity index (χ0) is 14.5. The summed E-state index contributed by atoms with van der Waals surface area (Å²) >= 11 is 0. The summed E-state index contributed by atoms with van der Waals surface area (Å²) in [6.07, 6.45) is 3.80. The van der Waals surface area contributed by atoms with Crippen LogP contribution in [0.25, 0.3) is 0 Å². The van der Waals surface area contributed by atoms with Gasteiger partial charge in [0.2, 0.25) is 0 Å². The Labute approximate surface area is 116 Å². The molecule has 2 heterocycles. The first-order chi connectivity index (χ1) is 9.63. The van der Waals surface area contributed by atoms with Crippen molar-refractivity contribution in [1.29, 1.82) is 0 Å². The molecule has 0 amide bonds. The van der Waals surface area contributed by atoms with Gasteiger partial charge in [-0.3, -0.25) is 18.9 Å². The minimum atomic E-state index is -0.323. The molecule has 0 aliphatic rings. The van der Waals surface area contributed by atoms with Gasteiger partial charge in [-0.2, -0.15) is 0 Å². The minimum Gasteiger partial charge on any atom is -0.330 e. The van der Waals surface area contributed by atoms with Crippen LogP contribution in [0, 0.1) is 6.92 Å². The summed E-state index contributed by atoms with van der Waals surface area (Å²) in [5.74, 6) is 0. The number of aromatic nitrogens is 3. The van der Waals surface area contributed by atoms with Gasteiger partial charge in [-0.15, -0.1) is 0 Å². The molecule has 0 fully saturated rings. The second kappa shape index (κ2) is 6.29. The Morgan fingerprint density at radius 3 is 2.80 bits per heavy atom. The van der Waals surface area contributed by atoms with Crippen LogP contribution >= 0.6 is 0 Å². The highest BCUT2D eigenvalue weighted by Crippen LogP contribution is 2.03. The predicted molar refractivity (Wildman–Crippen MR) is 76.7 cm³/mol. The molecular weight excluding hydrogens is 256 g/mol. The van der Waals surface area contributed by atoms with E-state index in [2.05, 4.69) is 4.98 Å². The fourth-order valence-corrected chi connectivity index (χ4v) is 1.98. The van der Waals surface area contributed by atoms with E-state index in [0.717, 1.165) is 11.3 Å². The van der Waals surface area contributed by atoms with Crippen molar-refractivity contribution in [3.8, 4) is 0 Å². The van der Waals surface area contributed by atoms with Gasteiger partial charge in [-0.25, -0.2) is 4.79 Å². The van der Waals surface area contributed by atoms with Crippen molar-refractivity contribution in [3.05, 3.63) is 62.7 Å². The Kier molecular flexibility index (Phi) is 4.47. The molecule has 0 aromatic carbocycles. The lowest BCUT2D eigenvalue weighted by Gasteiger charge is -2.10. The number of rotatable bonds is 5. The SMILES string of the molecule is Cc1cccnc1Cn1ccc(=O)n(CCCN)c1=O. The number of nitrogens with two attached hydrogens (primary N) is 1. The van der Waals surface area contributed by atoms with Crippen LogP contribution in [0.5, 0.6) is 0 Å². The Balaban J connectivity index is 2.36. The van der Waals surface area contributed by atoms with Crippen LogP contribution in [0.4, 0.5) is 0 Å². The topological polar surface area (TPSA) is 82.9 Å². The van der Waals surface area contributed by atoms with Gasteiger partial charge in [-0.05, 0) is 31.5 Å². The van der Waals surface area contributed by atoms with Crippen LogP contribution in [0.2, 0.25) is 0 Å². The average Bonchev–Trinajstić information content (AvgIpc) is 2.44. The number of aryl methyl sites for hydroxylation is 1. The van der Waals surface area contributed by atoms with E-state index < -0.39 is 0 Å². The zero-order valence-corrected chi connectivity index (χ0v) is 11.5. The average molecular weight is 274 g/mol. The van der Waals surface area contributed by atoms with Gasteiger partial charge in [0.15, 0.2) is 0 Å². The molecule has 0 unspecified atom stereocenters. The molecule has 0 saturated heterocycles. The van der Waals surface area contributed by atoms with Crippen molar-refractivity contribution in [3.63, 3.8) is 0 Å². The summed E-state index contributed by atoms with van der Waals surface area (Å²) in [6, 6.07) is 5.19. The molecule has 6 nitrogen and oxygen atoms in total. The van der Waals surface area contributed by atoms with Gasteiger partial charge >= 0.3 is 5.69 Å². The zero-order valence-electron chi connectivity index (χ0n) is 11.5. The largest absolute Gasteiger partial charge is 0.331 e. The molecule has 6 heteroatoms. The lowest BCUT2D eigenvalue weighted by atomic mass is 10.2. The molecule has 2 rings (SSSR count). The van der Waals surface area contributed by atoms with Crippen molar-refractivity contribution in [2.45, 2.75) is 26.4 Å². The van der Waals surface area contributed by atoms with E-state index in [4.69, 9.17) is 5.73 Å². The Bertz CT molecular complexity index is 703. The third-order valence-electron chi connectivity index (χ3n) is 3.16. The van der Waals surface area contributed by atoms with E-state index in [1.165, 1.54) is 21.4 Å². The van der Waals surface area contributed by atoms with Crippen LogP contribution in [0.15, 0.2) is 40.2 Å². The quantitative estimate of drug-likeness (QED) is 0.839. The monoisotopic (exact) mass is 274 g/mol. The predicted octanol–water partition coefficient (Wildman–Crippen LogP) is 0.111. The molecule has 0 radical (unpaired) electrons. The maximum Gasteiger partial charge on any atom is 0.331 e. The molecule has 0 saturated carbocycles. The van der Waals surface area contributed by atoms with Gasteiger partial charge in [0.05, 0.1) is 12.2 Å². The van der Waals surface area contributed by atoms with Crippen molar-refractivity contribution in [1.82, 2.24) is 14.1 Å². The lowest BCUT2D eigenvalue weighted by Crippen LogP contribution is -2.39. The Hall–Kier alpha value is -2.21. The second-order valence-corrected chi connectivity index (χ2v) is 4.63. The first-order valence-corrected chi connectivity index (χ1v) is 6.54. The van der Waals surface area contributed by atoms with E-state index in [9.17, 15) is 9.59 Å².